The van der Waals surface area contributed by atoms with Crippen LogP contribution in [0.2, 0.25) is 10.0 Å². The third kappa shape index (κ3) is 3.50. The van der Waals surface area contributed by atoms with Crippen molar-refractivity contribution < 1.29 is 9.18 Å². The van der Waals surface area contributed by atoms with Crippen molar-refractivity contribution in [2.24, 2.45) is 0 Å². The minimum atomic E-state index is -0.674. The molecule has 0 aliphatic carbocycles. The number of aryl methyl sites for hydroxylation is 1. The van der Waals surface area contributed by atoms with Crippen LogP contribution in [0.1, 0.15) is 28.8 Å². The Labute approximate surface area is 150 Å². The lowest BCUT2D eigenvalue weighted by atomic mass is 10.1. The van der Waals surface area contributed by atoms with Crippen LogP contribution in [0, 0.1) is 12.7 Å². The minimum Gasteiger partial charge on any atom is -0.372 e. The molecule has 1 heterocycles. The van der Waals surface area contributed by atoms with E-state index in [0.29, 0.717) is 5.69 Å². The van der Waals surface area contributed by atoms with Gasteiger partial charge in [0, 0.05) is 24.5 Å². The van der Waals surface area contributed by atoms with Crippen LogP contribution < -0.4 is 10.2 Å². The summed E-state index contributed by atoms with van der Waals surface area (Å²) in [5, 5.41) is 2.79. The highest BCUT2D eigenvalue weighted by Crippen LogP contribution is 2.28. The van der Waals surface area contributed by atoms with Gasteiger partial charge < -0.3 is 10.2 Å². The summed E-state index contributed by atoms with van der Waals surface area (Å²) in [6.07, 6.45) is 2.41. The van der Waals surface area contributed by atoms with E-state index in [1.165, 1.54) is 18.9 Å². The largest absolute Gasteiger partial charge is 0.372 e. The molecule has 2 aromatic carbocycles. The summed E-state index contributed by atoms with van der Waals surface area (Å²) in [5.41, 5.74) is 2.83. The van der Waals surface area contributed by atoms with Crippen LogP contribution in [0.5, 0.6) is 0 Å². The summed E-state index contributed by atoms with van der Waals surface area (Å²) in [6, 6.07) is 8.18. The van der Waals surface area contributed by atoms with Crippen LogP contribution >= 0.6 is 23.2 Å². The molecule has 1 N–H and O–H groups in total. The van der Waals surface area contributed by atoms with Crippen molar-refractivity contribution in [1.29, 1.82) is 0 Å². The highest BCUT2D eigenvalue weighted by molar-refractivity contribution is 6.37. The summed E-state index contributed by atoms with van der Waals surface area (Å²) in [4.78, 5) is 14.7. The van der Waals surface area contributed by atoms with Crippen molar-refractivity contribution in [2.45, 2.75) is 19.8 Å². The molecule has 0 spiro atoms. The number of hydrogen-bond acceptors (Lipinski definition) is 2. The summed E-state index contributed by atoms with van der Waals surface area (Å²) in [6.45, 7) is 4.05. The number of nitrogens with one attached hydrogen (secondary N) is 1. The topological polar surface area (TPSA) is 32.3 Å². The average molecular weight is 367 g/mol. The van der Waals surface area contributed by atoms with E-state index < -0.39 is 11.7 Å². The Morgan fingerprint density at radius 1 is 1.12 bits per heavy atom. The van der Waals surface area contributed by atoms with E-state index in [1.807, 2.05) is 25.1 Å². The Bertz CT molecular complexity index is 789. The molecule has 1 aliphatic heterocycles. The lowest BCUT2D eigenvalue weighted by Gasteiger charge is -2.19. The first-order chi connectivity index (χ1) is 11.5. The molecular weight excluding hydrogens is 350 g/mol. The van der Waals surface area contributed by atoms with Gasteiger partial charge in [-0.25, -0.2) is 4.39 Å². The van der Waals surface area contributed by atoms with E-state index in [4.69, 9.17) is 23.2 Å². The number of amides is 1. The van der Waals surface area contributed by atoms with Crippen molar-refractivity contribution in [1.82, 2.24) is 0 Å². The fourth-order valence-electron chi connectivity index (χ4n) is 2.85. The van der Waals surface area contributed by atoms with Crippen LogP contribution in [0.4, 0.5) is 15.8 Å². The number of halogens is 3. The van der Waals surface area contributed by atoms with E-state index in [1.54, 1.807) is 0 Å². The van der Waals surface area contributed by atoms with Crippen LogP contribution in [-0.4, -0.2) is 19.0 Å². The van der Waals surface area contributed by atoms with Gasteiger partial charge in [-0.05, 0) is 55.7 Å². The molecule has 1 saturated heterocycles. The van der Waals surface area contributed by atoms with Gasteiger partial charge in [0.2, 0.25) is 0 Å². The number of carbonyl (C=O) groups is 1. The standard InChI is InChI=1S/C18H17Cl2FN2O/c1-11-8-12(23-6-2-3-7-23)4-5-17(11)22-18(24)13-9-16(21)15(20)10-14(13)19/h4-5,8-10H,2-3,6-7H2,1H3,(H,22,24). The molecule has 0 atom stereocenters. The molecule has 1 aliphatic rings. The first-order valence-corrected chi connectivity index (χ1v) is 8.53. The summed E-state index contributed by atoms with van der Waals surface area (Å²) < 4.78 is 13.6. The second-order valence-corrected chi connectivity index (χ2v) is 6.71. The lowest BCUT2D eigenvalue weighted by molar-refractivity contribution is 0.102. The molecule has 3 nitrogen and oxygen atoms in total. The molecule has 6 heteroatoms. The zero-order valence-corrected chi connectivity index (χ0v) is 14.7. The Morgan fingerprint density at radius 2 is 1.83 bits per heavy atom. The average Bonchev–Trinajstić information content (AvgIpc) is 3.07. The van der Waals surface area contributed by atoms with Crippen molar-refractivity contribution in [3.8, 4) is 0 Å². The van der Waals surface area contributed by atoms with Crippen molar-refractivity contribution in [2.75, 3.05) is 23.3 Å². The molecule has 24 heavy (non-hydrogen) atoms. The summed E-state index contributed by atoms with van der Waals surface area (Å²) >= 11 is 11.7. The third-order valence-corrected chi connectivity index (χ3v) is 4.79. The SMILES string of the molecule is Cc1cc(N2CCCC2)ccc1NC(=O)c1cc(F)c(Cl)cc1Cl. The maximum absolute atomic E-state index is 13.6. The molecule has 1 fully saturated rings. The van der Waals surface area contributed by atoms with Crippen LogP contribution in [0.15, 0.2) is 30.3 Å². The van der Waals surface area contributed by atoms with Crippen LogP contribution in [0.25, 0.3) is 0 Å². The number of benzene rings is 2. The number of rotatable bonds is 3. The van der Waals surface area contributed by atoms with E-state index in [-0.39, 0.29) is 15.6 Å². The molecule has 126 valence electrons. The Morgan fingerprint density at radius 3 is 2.50 bits per heavy atom. The Hall–Kier alpha value is -1.78. The van der Waals surface area contributed by atoms with E-state index in [9.17, 15) is 9.18 Å². The lowest BCUT2D eigenvalue weighted by Crippen LogP contribution is -2.18. The highest BCUT2D eigenvalue weighted by Gasteiger charge is 2.17. The smallest absolute Gasteiger partial charge is 0.257 e. The molecule has 0 radical (unpaired) electrons. The molecule has 1 amide bonds. The minimum absolute atomic E-state index is 0.0570. The highest BCUT2D eigenvalue weighted by atomic mass is 35.5. The van der Waals surface area contributed by atoms with Gasteiger partial charge in [-0.2, -0.15) is 0 Å². The zero-order valence-electron chi connectivity index (χ0n) is 13.2. The first-order valence-electron chi connectivity index (χ1n) is 7.77. The van der Waals surface area contributed by atoms with Gasteiger partial charge in [0.25, 0.3) is 5.91 Å². The quantitative estimate of drug-likeness (QED) is 0.748. The molecule has 2 aromatic rings. The van der Waals surface area contributed by atoms with E-state index in [2.05, 4.69) is 10.2 Å². The van der Waals surface area contributed by atoms with Gasteiger partial charge in [0.1, 0.15) is 5.82 Å². The van der Waals surface area contributed by atoms with Gasteiger partial charge >= 0.3 is 0 Å². The van der Waals surface area contributed by atoms with E-state index in [0.717, 1.165) is 30.4 Å². The molecule has 0 unspecified atom stereocenters. The van der Waals surface area contributed by atoms with Gasteiger partial charge in [0.05, 0.1) is 15.6 Å². The maximum Gasteiger partial charge on any atom is 0.257 e. The summed E-state index contributed by atoms with van der Waals surface area (Å²) in [5.74, 6) is -1.14. The first kappa shape index (κ1) is 17.1. The Kier molecular flexibility index (Phi) is 4.97. The maximum atomic E-state index is 13.6. The van der Waals surface area contributed by atoms with Crippen LogP contribution in [0.3, 0.4) is 0 Å². The number of anilines is 2. The van der Waals surface area contributed by atoms with E-state index >= 15 is 0 Å². The van der Waals surface area contributed by atoms with Crippen molar-refractivity contribution in [3.05, 3.63) is 57.3 Å². The predicted molar refractivity (Wildman–Crippen MR) is 97.0 cm³/mol. The monoisotopic (exact) mass is 366 g/mol. The molecule has 0 aromatic heterocycles. The molecule has 0 bridgehead atoms. The van der Waals surface area contributed by atoms with Gasteiger partial charge in [-0.3, -0.25) is 4.79 Å². The van der Waals surface area contributed by atoms with Crippen molar-refractivity contribution >= 4 is 40.5 Å². The zero-order chi connectivity index (χ0) is 17.3. The second-order valence-electron chi connectivity index (χ2n) is 5.89. The molecule has 3 rings (SSSR count). The molecule has 0 saturated carbocycles. The second kappa shape index (κ2) is 6.99. The third-order valence-electron chi connectivity index (χ3n) is 4.18. The van der Waals surface area contributed by atoms with Gasteiger partial charge in [-0.1, -0.05) is 23.2 Å². The fraction of sp³-hybridized carbons (Fsp3) is 0.278. The van der Waals surface area contributed by atoms with Crippen molar-refractivity contribution in [3.63, 3.8) is 0 Å². The normalized spacial score (nSPS) is 14.1. The number of hydrogen-bond donors (Lipinski definition) is 1. The summed E-state index contributed by atoms with van der Waals surface area (Å²) in [7, 11) is 0. The number of carbonyl (C=O) groups excluding carboxylic acids is 1. The Balaban J connectivity index is 1.80. The van der Waals surface area contributed by atoms with Gasteiger partial charge in [-0.15, -0.1) is 0 Å². The van der Waals surface area contributed by atoms with Gasteiger partial charge in [0.15, 0.2) is 0 Å². The number of nitrogens with zero attached hydrogens (tertiary/aromatic N) is 1. The predicted octanol–water partition coefficient (Wildman–Crippen LogP) is 5.29. The molecular formula is C18H17Cl2FN2O. The fourth-order valence-corrected chi connectivity index (χ4v) is 3.32. The van der Waals surface area contributed by atoms with Crippen LogP contribution in [-0.2, 0) is 0 Å².